The molecule has 0 aliphatic heterocycles. The molecule has 0 rings (SSSR count). The molecule has 0 radical (unpaired) electrons. The Labute approximate surface area is 123 Å². The van der Waals surface area contributed by atoms with E-state index >= 15 is 0 Å². The zero-order valence-electron chi connectivity index (χ0n) is 11.3. The van der Waals surface area contributed by atoms with Crippen molar-refractivity contribution in [1.82, 2.24) is 0 Å². The van der Waals surface area contributed by atoms with Gasteiger partial charge in [-0.1, -0.05) is 0 Å². The molecular weight excluding hydrogens is 423 g/mol. The van der Waals surface area contributed by atoms with Crippen LogP contribution in [0.4, 0.5) is 0 Å². The van der Waals surface area contributed by atoms with E-state index in [1.165, 1.54) is 44.9 Å². The molecule has 0 atom stereocenters. The van der Waals surface area contributed by atoms with Gasteiger partial charge in [0.1, 0.15) is 0 Å². The van der Waals surface area contributed by atoms with Crippen LogP contribution in [0.1, 0.15) is 65.7 Å². The van der Waals surface area contributed by atoms with Crippen molar-refractivity contribution in [2.24, 2.45) is 0 Å². The third-order valence-electron chi connectivity index (χ3n) is 2.35. The topological polar surface area (TPSA) is 0 Å². The number of unbranched alkanes of at least 4 members (excludes halogenated alkanes) is 4. The van der Waals surface area contributed by atoms with Crippen LogP contribution in [0.2, 0.25) is 8.94 Å². The number of hydrogen-bond acceptors (Lipinski definition) is 0. The summed E-state index contributed by atoms with van der Waals surface area (Å²) in [6.07, 6.45) is 12.5. The Morgan fingerprint density at radius 3 is 1.75 bits per heavy atom. The average Bonchev–Trinajstić information content (AvgIpc) is 2.29. The summed E-state index contributed by atoms with van der Waals surface area (Å²) in [4.78, 5) is 0. The van der Waals surface area contributed by atoms with Gasteiger partial charge >= 0.3 is 124 Å². The predicted molar refractivity (Wildman–Crippen MR) is 78.5 cm³/mol. The van der Waals surface area contributed by atoms with Crippen molar-refractivity contribution in [3.63, 3.8) is 0 Å². The summed E-state index contributed by atoms with van der Waals surface area (Å²) in [5.74, 6) is 0. The van der Waals surface area contributed by atoms with E-state index in [9.17, 15) is 0 Å². The van der Waals surface area contributed by atoms with Crippen molar-refractivity contribution < 1.29 is 0 Å². The van der Waals surface area contributed by atoms with Gasteiger partial charge in [-0.15, -0.1) is 0 Å². The Hall–Kier alpha value is 1.32. The third kappa shape index (κ3) is 11.8. The molecule has 0 N–H and O–H groups in total. The molecule has 0 aromatic rings. The number of allylic oxidation sites excluding steroid dienone is 1. The molecule has 0 bridgehead atoms. The van der Waals surface area contributed by atoms with Crippen LogP contribution in [0.15, 0.2) is 7.75 Å². The molecule has 0 spiro atoms. The summed E-state index contributed by atoms with van der Waals surface area (Å²) in [7, 11) is 0. The van der Waals surface area contributed by atoms with E-state index in [2.05, 4.69) is 26.8 Å². The van der Waals surface area contributed by atoms with Gasteiger partial charge < -0.3 is 0 Å². The molecule has 0 fully saturated rings. The van der Waals surface area contributed by atoms with Crippen LogP contribution < -0.4 is 0 Å². The van der Waals surface area contributed by atoms with Gasteiger partial charge in [0.15, 0.2) is 0 Å². The predicted octanol–water partition coefficient (Wildman–Crippen LogP) is 4.86. The summed E-state index contributed by atoms with van der Waals surface area (Å²) < 4.78 is 5.14. The maximum absolute atomic E-state index is 2.65. The van der Waals surface area contributed by atoms with E-state index in [-0.39, 0.29) is 41.8 Å². The Morgan fingerprint density at radius 1 is 0.812 bits per heavy atom. The van der Waals surface area contributed by atoms with Gasteiger partial charge in [0, 0.05) is 0 Å². The van der Waals surface area contributed by atoms with E-state index in [1.807, 2.05) is 1.67 Å². The van der Waals surface area contributed by atoms with Gasteiger partial charge in [-0.25, -0.2) is 0 Å². The van der Waals surface area contributed by atoms with E-state index in [0.717, 1.165) is 0 Å². The third-order valence-corrected chi connectivity index (χ3v) is 12.3. The molecule has 2 heteroatoms. The zero-order chi connectivity index (χ0) is 12.1. The molecule has 0 aromatic carbocycles. The SMILES string of the molecule is CCCCC=C([Te]CCCC)[Te]CCCC. The number of hydrogen-bond donors (Lipinski definition) is 0. The summed E-state index contributed by atoms with van der Waals surface area (Å²) in [5.41, 5.74) is 0. The quantitative estimate of drug-likeness (QED) is 0.311. The van der Waals surface area contributed by atoms with Crippen molar-refractivity contribution in [2.75, 3.05) is 0 Å². The van der Waals surface area contributed by atoms with Crippen molar-refractivity contribution in [3.8, 4) is 0 Å². The van der Waals surface area contributed by atoms with Gasteiger partial charge in [0.2, 0.25) is 0 Å². The van der Waals surface area contributed by atoms with Gasteiger partial charge in [0.05, 0.1) is 0 Å². The zero-order valence-corrected chi connectivity index (χ0v) is 15.9. The molecule has 0 aliphatic rings. The molecule has 0 saturated carbocycles. The maximum atomic E-state index is 2.65. The summed E-state index contributed by atoms with van der Waals surface area (Å²) in [5, 5.41) is 0. The molecule has 0 unspecified atom stereocenters. The first-order valence-corrected chi connectivity index (χ1v) is 12.4. The normalized spacial score (nSPS) is 10.4. The Balaban J connectivity index is 3.79. The van der Waals surface area contributed by atoms with Crippen molar-refractivity contribution >= 4 is 41.8 Å². The molecule has 0 amide bonds. The van der Waals surface area contributed by atoms with Gasteiger partial charge in [-0.05, 0) is 0 Å². The van der Waals surface area contributed by atoms with Gasteiger partial charge in [-0.3, -0.25) is 0 Å². The van der Waals surface area contributed by atoms with Crippen molar-refractivity contribution in [2.45, 2.75) is 74.7 Å². The van der Waals surface area contributed by atoms with Crippen molar-refractivity contribution in [3.05, 3.63) is 7.75 Å². The Kier molecular flexibility index (Phi) is 15.6. The summed E-state index contributed by atoms with van der Waals surface area (Å²) in [6, 6.07) is 0. The first-order valence-electron chi connectivity index (χ1n) is 6.80. The van der Waals surface area contributed by atoms with E-state index in [0.29, 0.717) is 0 Å². The van der Waals surface area contributed by atoms with Crippen molar-refractivity contribution in [1.29, 1.82) is 0 Å². The second-order valence-electron chi connectivity index (χ2n) is 4.07. The van der Waals surface area contributed by atoms with Gasteiger partial charge in [-0.2, -0.15) is 0 Å². The molecular formula is C14H28Te2. The Morgan fingerprint density at radius 2 is 1.31 bits per heavy atom. The first kappa shape index (κ1) is 17.3. The molecule has 96 valence electrons. The minimum atomic E-state index is 0.257. The number of rotatable bonds is 11. The van der Waals surface area contributed by atoms with E-state index < -0.39 is 0 Å². The fourth-order valence-electron chi connectivity index (χ4n) is 1.22. The molecule has 0 heterocycles. The first-order chi connectivity index (χ1) is 7.85. The van der Waals surface area contributed by atoms with Crippen LogP contribution in [0, 0.1) is 0 Å². The van der Waals surface area contributed by atoms with Gasteiger partial charge in [0.25, 0.3) is 0 Å². The summed E-state index contributed by atoms with van der Waals surface area (Å²) >= 11 is 0.514. The minimum absolute atomic E-state index is 0.257. The monoisotopic (exact) mass is 456 g/mol. The molecule has 0 nitrogen and oxygen atoms in total. The molecule has 0 saturated heterocycles. The fraction of sp³-hybridized carbons (Fsp3) is 0.857. The van der Waals surface area contributed by atoms with E-state index in [1.54, 1.807) is 8.94 Å². The molecule has 0 aromatic heterocycles. The van der Waals surface area contributed by atoms with Crippen LogP contribution in [-0.2, 0) is 0 Å². The van der Waals surface area contributed by atoms with Crippen LogP contribution in [0.3, 0.4) is 0 Å². The second-order valence-corrected chi connectivity index (χ2v) is 13.1. The fourth-order valence-corrected chi connectivity index (χ4v) is 11.2. The second kappa shape index (κ2) is 14.4. The van der Waals surface area contributed by atoms with Crippen LogP contribution >= 0.6 is 0 Å². The Bertz CT molecular complexity index is 152. The van der Waals surface area contributed by atoms with Crippen LogP contribution in [0.25, 0.3) is 0 Å². The van der Waals surface area contributed by atoms with Crippen LogP contribution in [-0.4, -0.2) is 41.8 Å². The van der Waals surface area contributed by atoms with Crippen LogP contribution in [0.5, 0.6) is 0 Å². The average molecular weight is 452 g/mol. The standard InChI is InChI=1S/C14H28Te2/c1-4-7-10-11-14(15-12-8-5-2)16-13-9-6-3/h11H,4-10,12-13H2,1-3H3. The molecule has 0 aliphatic carbocycles. The van der Waals surface area contributed by atoms with E-state index in [4.69, 9.17) is 0 Å². The summed E-state index contributed by atoms with van der Waals surface area (Å²) in [6.45, 7) is 6.94. The molecule has 16 heavy (non-hydrogen) atoms.